The lowest BCUT2D eigenvalue weighted by Gasteiger charge is -2.05. The Labute approximate surface area is 116 Å². The Balaban J connectivity index is 2.05. The van der Waals surface area contributed by atoms with Crippen molar-refractivity contribution in [2.45, 2.75) is 6.61 Å². The fourth-order valence-electron chi connectivity index (χ4n) is 1.53. The maximum Gasteiger partial charge on any atom is 0.257 e. The van der Waals surface area contributed by atoms with E-state index in [2.05, 4.69) is 10.3 Å². The summed E-state index contributed by atoms with van der Waals surface area (Å²) in [5.74, 6) is -0.209. The summed E-state index contributed by atoms with van der Waals surface area (Å²) in [5.41, 5.74) is 1.97. The first-order valence-electron chi connectivity index (χ1n) is 5.70. The monoisotopic (exact) mass is 276 g/mol. The van der Waals surface area contributed by atoms with Gasteiger partial charge in [-0.25, -0.2) is 0 Å². The van der Waals surface area contributed by atoms with Crippen LogP contribution in [0.2, 0.25) is 5.02 Å². The zero-order chi connectivity index (χ0) is 13.7. The molecule has 0 saturated heterocycles. The number of carbonyl (C=O) groups excluding carboxylic acids is 1. The zero-order valence-electron chi connectivity index (χ0n) is 10.4. The summed E-state index contributed by atoms with van der Waals surface area (Å²) < 4.78 is 4.96. The van der Waals surface area contributed by atoms with E-state index in [4.69, 9.17) is 16.3 Å². The van der Waals surface area contributed by atoms with Crippen LogP contribution in [-0.4, -0.2) is 18.0 Å². The molecule has 1 heterocycles. The summed E-state index contributed by atoms with van der Waals surface area (Å²) in [5, 5.41) is 3.40. The van der Waals surface area contributed by atoms with E-state index in [1.54, 1.807) is 43.5 Å². The third kappa shape index (κ3) is 3.77. The molecule has 0 aliphatic carbocycles. The first-order chi connectivity index (χ1) is 9.19. The Hall–Kier alpha value is -1.91. The van der Waals surface area contributed by atoms with Crippen molar-refractivity contribution in [2.24, 2.45) is 0 Å². The number of benzene rings is 1. The highest BCUT2D eigenvalue weighted by Crippen LogP contribution is 2.14. The number of halogens is 1. The maximum atomic E-state index is 12.0. The average Bonchev–Trinajstić information content (AvgIpc) is 2.42. The Morgan fingerprint density at radius 2 is 2.00 bits per heavy atom. The molecular formula is C14H13ClN2O2. The van der Waals surface area contributed by atoms with Crippen LogP contribution in [0, 0.1) is 0 Å². The second-order valence-electron chi connectivity index (χ2n) is 3.93. The molecule has 5 heteroatoms. The first kappa shape index (κ1) is 13.5. The molecule has 2 rings (SSSR count). The molecule has 0 fully saturated rings. The summed E-state index contributed by atoms with van der Waals surface area (Å²) in [6.45, 7) is 0.430. The molecule has 0 radical (unpaired) electrons. The minimum atomic E-state index is -0.209. The summed E-state index contributed by atoms with van der Waals surface area (Å²) in [4.78, 5) is 16.1. The molecule has 1 aromatic heterocycles. The van der Waals surface area contributed by atoms with Gasteiger partial charge >= 0.3 is 0 Å². The zero-order valence-corrected chi connectivity index (χ0v) is 11.1. The van der Waals surface area contributed by atoms with Crippen LogP contribution in [0.15, 0.2) is 42.6 Å². The average molecular weight is 277 g/mol. The Bertz CT molecular complexity index is 553. The normalized spacial score (nSPS) is 10.2. The summed E-state index contributed by atoms with van der Waals surface area (Å²) in [6, 6.07) is 10.4. The summed E-state index contributed by atoms with van der Waals surface area (Å²) in [7, 11) is 1.60. The molecule has 0 unspecified atom stereocenters. The van der Waals surface area contributed by atoms with Gasteiger partial charge in [0, 0.05) is 24.0 Å². The molecule has 0 spiro atoms. The molecule has 1 amide bonds. The van der Waals surface area contributed by atoms with E-state index in [0.717, 1.165) is 5.69 Å². The molecular weight excluding hydrogens is 264 g/mol. The van der Waals surface area contributed by atoms with Crippen LogP contribution in [0.5, 0.6) is 0 Å². The number of nitrogens with zero attached hydrogens (tertiary/aromatic N) is 1. The summed E-state index contributed by atoms with van der Waals surface area (Å²) in [6.07, 6.45) is 1.53. The van der Waals surface area contributed by atoms with Crippen LogP contribution < -0.4 is 5.32 Å². The predicted octanol–water partition coefficient (Wildman–Crippen LogP) is 3.13. The van der Waals surface area contributed by atoms with Crippen molar-refractivity contribution in [3.63, 3.8) is 0 Å². The van der Waals surface area contributed by atoms with Gasteiger partial charge in [-0.3, -0.25) is 9.78 Å². The predicted molar refractivity (Wildman–Crippen MR) is 74.4 cm³/mol. The number of rotatable bonds is 4. The highest BCUT2D eigenvalue weighted by atomic mass is 35.5. The van der Waals surface area contributed by atoms with E-state index in [1.165, 1.54) is 6.20 Å². The second-order valence-corrected chi connectivity index (χ2v) is 4.37. The van der Waals surface area contributed by atoms with E-state index < -0.39 is 0 Å². The quantitative estimate of drug-likeness (QED) is 0.933. The molecule has 98 valence electrons. The lowest BCUT2D eigenvalue weighted by molar-refractivity contribution is 0.102. The molecule has 4 nitrogen and oxygen atoms in total. The van der Waals surface area contributed by atoms with Crippen molar-refractivity contribution < 1.29 is 9.53 Å². The fourth-order valence-corrected chi connectivity index (χ4v) is 1.65. The number of hydrogen-bond acceptors (Lipinski definition) is 3. The SMILES string of the molecule is COCc1ccc(C(=O)Nc2ccc(Cl)cc2)cn1. The molecule has 1 N–H and O–H groups in total. The fraction of sp³-hybridized carbons (Fsp3) is 0.143. The van der Waals surface area contributed by atoms with Crippen LogP contribution in [-0.2, 0) is 11.3 Å². The molecule has 0 atom stereocenters. The smallest absolute Gasteiger partial charge is 0.257 e. The van der Waals surface area contributed by atoms with Crippen LogP contribution in [0.3, 0.4) is 0 Å². The van der Waals surface area contributed by atoms with Crippen molar-refractivity contribution in [2.75, 3.05) is 12.4 Å². The van der Waals surface area contributed by atoms with Crippen molar-refractivity contribution in [3.8, 4) is 0 Å². The number of carbonyl (C=O) groups is 1. The minimum Gasteiger partial charge on any atom is -0.378 e. The van der Waals surface area contributed by atoms with Gasteiger partial charge in [0.15, 0.2) is 0 Å². The van der Waals surface area contributed by atoms with Gasteiger partial charge < -0.3 is 10.1 Å². The van der Waals surface area contributed by atoms with Gasteiger partial charge in [0.25, 0.3) is 5.91 Å². The van der Waals surface area contributed by atoms with Gasteiger partial charge in [-0.05, 0) is 36.4 Å². The number of hydrogen-bond donors (Lipinski definition) is 1. The van der Waals surface area contributed by atoms with E-state index in [1.807, 2.05) is 0 Å². The topological polar surface area (TPSA) is 51.2 Å². The summed E-state index contributed by atoms with van der Waals surface area (Å²) >= 11 is 5.78. The lowest BCUT2D eigenvalue weighted by Crippen LogP contribution is -2.12. The lowest BCUT2D eigenvalue weighted by atomic mass is 10.2. The van der Waals surface area contributed by atoms with Crippen LogP contribution >= 0.6 is 11.6 Å². The molecule has 0 aliphatic heterocycles. The van der Waals surface area contributed by atoms with Gasteiger partial charge in [-0.2, -0.15) is 0 Å². The van der Waals surface area contributed by atoms with E-state index in [0.29, 0.717) is 22.9 Å². The van der Waals surface area contributed by atoms with Crippen LogP contribution in [0.25, 0.3) is 0 Å². The van der Waals surface area contributed by atoms with Crippen molar-refractivity contribution >= 4 is 23.2 Å². The van der Waals surface area contributed by atoms with Gasteiger partial charge in [-0.15, -0.1) is 0 Å². The number of pyridine rings is 1. The Morgan fingerprint density at radius 3 is 2.58 bits per heavy atom. The largest absolute Gasteiger partial charge is 0.378 e. The third-order valence-electron chi connectivity index (χ3n) is 2.48. The van der Waals surface area contributed by atoms with Crippen LogP contribution in [0.4, 0.5) is 5.69 Å². The van der Waals surface area contributed by atoms with Gasteiger partial charge in [0.1, 0.15) is 0 Å². The molecule has 0 aliphatic rings. The van der Waals surface area contributed by atoms with E-state index in [9.17, 15) is 4.79 Å². The molecule has 19 heavy (non-hydrogen) atoms. The van der Waals surface area contributed by atoms with Crippen molar-refractivity contribution in [1.82, 2.24) is 4.98 Å². The van der Waals surface area contributed by atoms with Gasteiger partial charge in [-0.1, -0.05) is 11.6 Å². The Morgan fingerprint density at radius 1 is 1.26 bits per heavy atom. The third-order valence-corrected chi connectivity index (χ3v) is 2.73. The Kier molecular flexibility index (Phi) is 4.49. The molecule has 2 aromatic rings. The maximum absolute atomic E-state index is 12.0. The van der Waals surface area contributed by atoms with Crippen molar-refractivity contribution in [1.29, 1.82) is 0 Å². The molecule has 0 bridgehead atoms. The number of nitrogens with one attached hydrogen (secondary N) is 1. The minimum absolute atomic E-state index is 0.209. The van der Waals surface area contributed by atoms with Crippen molar-refractivity contribution in [3.05, 3.63) is 58.9 Å². The van der Waals surface area contributed by atoms with Crippen LogP contribution in [0.1, 0.15) is 16.1 Å². The standard InChI is InChI=1S/C14H13ClN2O2/c1-19-9-13-5-2-10(8-16-13)14(18)17-12-6-3-11(15)4-7-12/h2-8H,9H2,1H3,(H,17,18). The molecule has 1 aromatic carbocycles. The highest BCUT2D eigenvalue weighted by molar-refractivity contribution is 6.30. The highest BCUT2D eigenvalue weighted by Gasteiger charge is 2.06. The number of anilines is 1. The van der Waals surface area contributed by atoms with Gasteiger partial charge in [0.05, 0.1) is 17.9 Å². The van der Waals surface area contributed by atoms with Gasteiger partial charge in [0.2, 0.25) is 0 Å². The van der Waals surface area contributed by atoms with E-state index in [-0.39, 0.29) is 5.91 Å². The number of ether oxygens (including phenoxy) is 1. The number of amides is 1. The number of aromatic nitrogens is 1. The second kappa shape index (κ2) is 6.31. The van der Waals surface area contributed by atoms with E-state index >= 15 is 0 Å². The molecule has 0 saturated carbocycles. The first-order valence-corrected chi connectivity index (χ1v) is 6.07. The number of methoxy groups -OCH3 is 1.